The summed E-state index contributed by atoms with van der Waals surface area (Å²) in [4.78, 5) is 6.52. The molecule has 0 amide bonds. The lowest BCUT2D eigenvalue weighted by Crippen LogP contribution is -2.37. The van der Waals surface area contributed by atoms with Crippen LogP contribution in [0.15, 0.2) is 23.2 Å². The minimum atomic E-state index is 0.530. The fraction of sp³-hybridized carbons (Fsp3) is 0.588. The maximum atomic E-state index is 6.03. The van der Waals surface area contributed by atoms with Gasteiger partial charge in [-0.1, -0.05) is 12.1 Å². The van der Waals surface area contributed by atoms with Crippen LogP contribution < -0.4 is 10.5 Å². The highest BCUT2D eigenvalue weighted by Gasteiger charge is 2.06. The van der Waals surface area contributed by atoms with Gasteiger partial charge < -0.3 is 20.1 Å². The van der Waals surface area contributed by atoms with Gasteiger partial charge in [0.25, 0.3) is 0 Å². The maximum absolute atomic E-state index is 6.03. The molecule has 1 rings (SSSR count). The fourth-order valence-electron chi connectivity index (χ4n) is 2.13. The molecule has 22 heavy (non-hydrogen) atoms. The Kier molecular flexibility index (Phi) is 8.36. The summed E-state index contributed by atoms with van der Waals surface area (Å²) in [5, 5.41) is 0. The summed E-state index contributed by atoms with van der Waals surface area (Å²) in [5.41, 5.74) is 8.25. The van der Waals surface area contributed by atoms with Gasteiger partial charge in [0.15, 0.2) is 5.96 Å². The van der Waals surface area contributed by atoms with Crippen molar-refractivity contribution in [1.82, 2.24) is 4.90 Å². The second-order valence-electron chi connectivity index (χ2n) is 5.15. The Labute approximate surface area is 134 Å². The van der Waals surface area contributed by atoms with Crippen LogP contribution in [0.5, 0.6) is 5.75 Å². The molecule has 0 saturated heterocycles. The number of aryl methyl sites for hydroxylation is 1. The first-order chi connectivity index (χ1) is 10.6. The zero-order valence-electron chi connectivity index (χ0n) is 14.3. The van der Waals surface area contributed by atoms with Crippen molar-refractivity contribution in [3.8, 4) is 5.75 Å². The molecule has 0 atom stereocenters. The number of hydrogen-bond donors (Lipinski definition) is 1. The molecule has 0 unspecified atom stereocenters. The maximum Gasteiger partial charge on any atom is 0.191 e. The lowest BCUT2D eigenvalue weighted by atomic mass is 10.1. The number of nitrogens with two attached hydrogens (primary N) is 1. The Morgan fingerprint density at radius 3 is 2.59 bits per heavy atom. The summed E-state index contributed by atoms with van der Waals surface area (Å²) in [6.45, 7) is 9.79. The van der Waals surface area contributed by atoms with Crippen molar-refractivity contribution in [1.29, 1.82) is 0 Å². The van der Waals surface area contributed by atoms with Crippen molar-refractivity contribution in [2.24, 2.45) is 10.7 Å². The third-order valence-corrected chi connectivity index (χ3v) is 3.47. The van der Waals surface area contributed by atoms with Gasteiger partial charge in [0, 0.05) is 38.8 Å². The number of methoxy groups -OCH3 is 1. The van der Waals surface area contributed by atoms with E-state index in [9.17, 15) is 0 Å². The van der Waals surface area contributed by atoms with E-state index in [1.807, 2.05) is 11.0 Å². The monoisotopic (exact) mass is 307 g/mol. The second-order valence-corrected chi connectivity index (χ2v) is 5.15. The molecule has 5 heteroatoms. The number of aliphatic imine (C=N–C) groups is 1. The predicted octanol–water partition coefficient (Wildman–Crippen LogP) is 2.57. The van der Waals surface area contributed by atoms with Crippen LogP contribution in [0.2, 0.25) is 0 Å². The average Bonchev–Trinajstić information content (AvgIpc) is 2.52. The number of benzene rings is 1. The van der Waals surface area contributed by atoms with Crippen LogP contribution in [0.25, 0.3) is 0 Å². The topological polar surface area (TPSA) is 60.1 Å². The smallest absolute Gasteiger partial charge is 0.191 e. The van der Waals surface area contributed by atoms with E-state index in [1.54, 1.807) is 7.11 Å². The molecule has 2 N–H and O–H groups in total. The van der Waals surface area contributed by atoms with Gasteiger partial charge in [-0.2, -0.15) is 0 Å². The lowest BCUT2D eigenvalue weighted by Gasteiger charge is -2.19. The summed E-state index contributed by atoms with van der Waals surface area (Å²) in [6.07, 6.45) is 0.870. The number of nitrogens with zero attached hydrogens (tertiary/aromatic N) is 2. The van der Waals surface area contributed by atoms with E-state index in [-0.39, 0.29) is 0 Å². The second kappa shape index (κ2) is 10.1. The Bertz CT molecular complexity index is 471. The first kappa shape index (κ1) is 18.3. The Hall–Kier alpha value is -1.75. The normalized spacial score (nSPS) is 11.5. The zero-order chi connectivity index (χ0) is 16.4. The van der Waals surface area contributed by atoms with Gasteiger partial charge in [0.2, 0.25) is 0 Å². The van der Waals surface area contributed by atoms with E-state index in [0.717, 1.165) is 30.8 Å². The third kappa shape index (κ3) is 5.93. The Morgan fingerprint density at radius 2 is 1.95 bits per heavy atom. The van der Waals surface area contributed by atoms with E-state index in [0.29, 0.717) is 25.7 Å². The summed E-state index contributed by atoms with van der Waals surface area (Å²) < 4.78 is 10.9. The van der Waals surface area contributed by atoms with Gasteiger partial charge in [0.1, 0.15) is 5.75 Å². The molecule has 0 aliphatic rings. The molecular formula is C17H29N3O2. The molecule has 0 aromatic heterocycles. The summed E-state index contributed by atoms with van der Waals surface area (Å²) in [5.74, 6) is 1.46. The van der Waals surface area contributed by atoms with Gasteiger partial charge >= 0.3 is 0 Å². The predicted molar refractivity (Wildman–Crippen MR) is 91.4 cm³/mol. The molecule has 0 heterocycles. The molecule has 0 spiro atoms. The highest BCUT2D eigenvalue weighted by Crippen LogP contribution is 2.21. The standard InChI is InChI=1S/C17H29N3O2/c1-5-20(6-2)17(18)19-13-15-9-8-14(3)12-16(15)22-11-7-10-21-4/h8-9,12H,5-7,10-11,13H2,1-4H3,(H2,18,19). The van der Waals surface area contributed by atoms with Gasteiger partial charge in [-0.05, 0) is 32.4 Å². The van der Waals surface area contributed by atoms with Gasteiger partial charge in [0.05, 0.1) is 13.2 Å². The van der Waals surface area contributed by atoms with Crippen LogP contribution in [0.1, 0.15) is 31.4 Å². The van der Waals surface area contributed by atoms with Crippen molar-refractivity contribution in [3.63, 3.8) is 0 Å². The Morgan fingerprint density at radius 1 is 1.23 bits per heavy atom. The van der Waals surface area contributed by atoms with Gasteiger partial charge in [-0.15, -0.1) is 0 Å². The molecule has 0 bridgehead atoms. The van der Waals surface area contributed by atoms with Gasteiger partial charge in [-0.25, -0.2) is 4.99 Å². The SMILES string of the molecule is CCN(CC)C(N)=NCc1ccc(C)cc1OCCCOC. The van der Waals surface area contributed by atoms with E-state index in [2.05, 4.69) is 37.9 Å². The van der Waals surface area contributed by atoms with Crippen LogP contribution in [0.4, 0.5) is 0 Å². The summed E-state index contributed by atoms with van der Waals surface area (Å²) in [6, 6.07) is 6.17. The quantitative estimate of drug-likeness (QED) is 0.433. The van der Waals surface area contributed by atoms with Crippen molar-refractivity contribution in [2.75, 3.05) is 33.4 Å². The number of guanidine groups is 1. The molecular weight excluding hydrogens is 278 g/mol. The van der Waals surface area contributed by atoms with E-state index >= 15 is 0 Å². The molecule has 1 aromatic carbocycles. The lowest BCUT2D eigenvalue weighted by molar-refractivity contribution is 0.172. The molecule has 0 radical (unpaired) electrons. The third-order valence-electron chi connectivity index (χ3n) is 3.47. The average molecular weight is 307 g/mol. The number of rotatable bonds is 9. The molecule has 0 aliphatic heterocycles. The Balaban J connectivity index is 2.74. The van der Waals surface area contributed by atoms with Gasteiger partial charge in [-0.3, -0.25) is 0 Å². The van der Waals surface area contributed by atoms with Crippen LogP contribution in [0, 0.1) is 6.92 Å². The van der Waals surface area contributed by atoms with E-state index < -0.39 is 0 Å². The van der Waals surface area contributed by atoms with Crippen molar-refractivity contribution in [2.45, 2.75) is 33.7 Å². The van der Waals surface area contributed by atoms with Crippen LogP contribution in [-0.2, 0) is 11.3 Å². The molecule has 124 valence electrons. The van der Waals surface area contributed by atoms with Crippen molar-refractivity contribution in [3.05, 3.63) is 29.3 Å². The summed E-state index contributed by atoms with van der Waals surface area (Å²) in [7, 11) is 1.70. The van der Waals surface area contributed by atoms with Crippen LogP contribution in [0.3, 0.4) is 0 Å². The number of hydrogen-bond acceptors (Lipinski definition) is 3. The molecule has 1 aromatic rings. The van der Waals surface area contributed by atoms with Crippen LogP contribution in [-0.4, -0.2) is 44.3 Å². The molecule has 5 nitrogen and oxygen atoms in total. The molecule has 0 aliphatic carbocycles. The first-order valence-electron chi connectivity index (χ1n) is 7.88. The van der Waals surface area contributed by atoms with Crippen molar-refractivity contribution >= 4 is 5.96 Å². The fourth-order valence-corrected chi connectivity index (χ4v) is 2.13. The molecule has 0 saturated carbocycles. The molecule has 0 fully saturated rings. The zero-order valence-corrected chi connectivity index (χ0v) is 14.3. The number of ether oxygens (including phenoxy) is 2. The largest absolute Gasteiger partial charge is 0.493 e. The van der Waals surface area contributed by atoms with E-state index in [4.69, 9.17) is 15.2 Å². The highest BCUT2D eigenvalue weighted by molar-refractivity contribution is 5.78. The first-order valence-corrected chi connectivity index (χ1v) is 7.88. The van der Waals surface area contributed by atoms with E-state index in [1.165, 1.54) is 5.56 Å². The van der Waals surface area contributed by atoms with Crippen molar-refractivity contribution < 1.29 is 9.47 Å². The minimum Gasteiger partial charge on any atom is -0.493 e. The minimum absolute atomic E-state index is 0.530. The summed E-state index contributed by atoms with van der Waals surface area (Å²) >= 11 is 0. The highest BCUT2D eigenvalue weighted by atomic mass is 16.5. The van der Waals surface area contributed by atoms with Crippen LogP contribution >= 0.6 is 0 Å².